The number of halogens is 2. The molecule has 0 radical (unpaired) electrons. The first-order chi connectivity index (χ1) is 15.0. The molecule has 0 spiro atoms. The normalized spacial score (nSPS) is 18.6. The van der Waals surface area contributed by atoms with E-state index >= 15 is 0 Å². The molecule has 1 fully saturated rings. The number of likely N-dealkylation sites (tertiary alicyclic amines) is 1. The van der Waals surface area contributed by atoms with Crippen LogP contribution < -0.4 is 4.74 Å². The quantitative estimate of drug-likeness (QED) is 0.561. The van der Waals surface area contributed by atoms with Crippen LogP contribution in [0, 0.1) is 18.6 Å². The standard InChI is InChI=1S/C26H25F2NO2/c1-18-6-2-3-7-19(18)16-26(30)29-15-14-25(31-21-12-10-20(27)11-13-21)23(17-29)22-8-4-5-9-24(22)28/h2-13,23,25H,14-17H2,1H3/t23-,25+/m1/s1. The molecule has 31 heavy (non-hydrogen) atoms. The molecule has 0 aromatic heterocycles. The Morgan fingerprint density at radius 1 is 1.00 bits per heavy atom. The molecule has 0 N–H and O–H groups in total. The molecule has 0 bridgehead atoms. The van der Waals surface area contributed by atoms with Crippen molar-refractivity contribution in [3.8, 4) is 5.75 Å². The molecule has 1 aliphatic heterocycles. The SMILES string of the molecule is Cc1ccccc1CC(=O)N1CC[C@H](Oc2ccc(F)cc2)[C@@H](c2ccccc2F)C1. The van der Waals surface area contributed by atoms with Crippen LogP contribution in [-0.4, -0.2) is 30.0 Å². The van der Waals surface area contributed by atoms with Gasteiger partial charge in [0.1, 0.15) is 23.5 Å². The highest BCUT2D eigenvalue weighted by molar-refractivity contribution is 5.79. The lowest BCUT2D eigenvalue weighted by Gasteiger charge is -2.39. The Hall–Kier alpha value is -3.21. The van der Waals surface area contributed by atoms with Crippen molar-refractivity contribution in [2.45, 2.75) is 31.8 Å². The van der Waals surface area contributed by atoms with E-state index in [2.05, 4.69) is 0 Å². The van der Waals surface area contributed by atoms with Gasteiger partial charge in [0, 0.05) is 25.4 Å². The maximum Gasteiger partial charge on any atom is 0.227 e. The van der Waals surface area contributed by atoms with E-state index in [9.17, 15) is 13.6 Å². The maximum atomic E-state index is 14.7. The number of amides is 1. The van der Waals surface area contributed by atoms with Gasteiger partial charge in [-0.15, -0.1) is 0 Å². The summed E-state index contributed by atoms with van der Waals surface area (Å²) < 4.78 is 34.0. The summed E-state index contributed by atoms with van der Waals surface area (Å²) in [4.78, 5) is 14.8. The van der Waals surface area contributed by atoms with Crippen LogP contribution in [0.2, 0.25) is 0 Å². The average molecular weight is 421 g/mol. The number of carbonyl (C=O) groups excluding carboxylic acids is 1. The van der Waals surface area contributed by atoms with Crippen LogP contribution in [-0.2, 0) is 11.2 Å². The predicted molar refractivity (Wildman–Crippen MR) is 116 cm³/mol. The van der Waals surface area contributed by atoms with E-state index in [1.165, 1.54) is 18.2 Å². The van der Waals surface area contributed by atoms with Crippen LogP contribution in [0.25, 0.3) is 0 Å². The van der Waals surface area contributed by atoms with Gasteiger partial charge in [0.15, 0.2) is 0 Å². The predicted octanol–water partition coefficient (Wildman–Crippen LogP) is 5.28. The zero-order valence-corrected chi connectivity index (χ0v) is 17.4. The number of rotatable bonds is 5. The van der Waals surface area contributed by atoms with Gasteiger partial charge >= 0.3 is 0 Å². The van der Waals surface area contributed by atoms with Crippen molar-refractivity contribution >= 4 is 5.91 Å². The number of benzene rings is 3. The van der Waals surface area contributed by atoms with Gasteiger partial charge in [-0.2, -0.15) is 0 Å². The molecule has 0 unspecified atom stereocenters. The molecule has 1 heterocycles. The van der Waals surface area contributed by atoms with Gasteiger partial charge in [-0.05, 0) is 53.9 Å². The molecule has 3 aromatic rings. The molecule has 1 saturated heterocycles. The molecule has 5 heteroatoms. The van der Waals surface area contributed by atoms with Crippen LogP contribution in [0.4, 0.5) is 8.78 Å². The van der Waals surface area contributed by atoms with E-state index in [4.69, 9.17) is 4.74 Å². The second kappa shape index (κ2) is 9.29. The first-order valence-electron chi connectivity index (χ1n) is 10.5. The van der Waals surface area contributed by atoms with Gasteiger partial charge in [-0.3, -0.25) is 4.79 Å². The van der Waals surface area contributed by atoms with Crippen molar-refractivity contribution in [2.75, 3.05) is 13.1 Å². The summed E-state index contributed by atoms with van der Waals surface area (Å²) in [5.41, 5.74) is 2.61. The Kier molecular flexibility index (Phi) is 6.31. The van der Waals surface area contributed by atoms with E-state index in [0.29, 0.717) is 37.2 Å². The molecular weight excluding hydrogens is 396 g/mol. The van der Waals surface area contributed by atoms with Crippen LogP contribution in [0.1, 0.15) is 29.0 Å². The lowest BCUT2D eigenvalue weighted by molar-refractivity contribution is -0.132. The Balaban J connectivity index is 1.55. The molecule has 160 valence electrons. The molecule has 1 amide bonds. The van der Waals surface area contributed by atoms with Gasteiger partial charge in [-0.25, -0.2) is 8.78 Å². The minimum atomic E-state index is -0.338. The second-order valence-corrected chi connectivity index (χ2v) is 7.97. The number of aryl methyl sites for hydroxylation is 1. The Morgan fingerprint density at radius 2 is 1.71 bits per heavy atom. The maximum absolute atomic E-state index is 14.7. The van der Waals surface area contributed by atoms with Crippen molar-refractivity contribution in [2.24, 2.45) is 0 Å². The van der Waals surface area contributed by atoms with Crippen molar-refractivity contribution in [1.29, 1.82) is 0 Å². The highest BCUT2D eigenvalue weighted by Crippen LogP contribution is 2.32. The van der Waals surface area contributed by atoms with Crippen molar-refractivity contribution in [1.82, 2.24) is 4.90 Å². The molecule has 1 aliphatic rings. The number of hydrogen-bond donors (Lipinski definition) is 0. The minimum absolute atomic E-state index is 0.0240. The van der Waals surface area contributed by atoms with E-state index < -0.39 is 0 Å². The minimum Gasteiger partial charge on any atom is -0.490 e. The summed E-state index contributed by atoms with van der Waals surface area (Å²) >= 11 is 0. The first-order valence-corrected chi connectivity index (χ1v) is 10.5. The fraction of sp³-hybridized carbons (Fsp3) is 0.269. The third kappa shape index (κ3) is 4.93. The lowest BCUT2D eigenvalue weighted by atomic mass is 9.87. The fourth-order valence-corrected chi connectivity index (χ4v) is 4.14. The monoisotopic (exact) mass is 421 g/mol. The first kappa shape index (κ1) is 21.0. The van der Waals surface area contributed by atoms with E-state index in [1.54, 1.807) is 35.2 Å². The van der Waals surface area contributed by atoms with E-state index in [1.807, 2.05) is 31.2 Å². The third-order valence-corrected chi connectivity index (χ3v) is 5.91. The molecule has 3 aromatic carbocycles. The largest absolute Gasteiger partial charge is 0.490 e. The molecular formula is C26H25F2NO2. The van der Waals surface area contributed by atoms with Gasteiger partial charge in [0.25, 0.3) is 0 Å². The molecule has 2 atom stereocenters. The van der Waals surface area contributed by atoms with Crippen LogP contribution in [0.5, 0.6) is 5.75 Å². The summed E-state index contributed by atoms with van der Waals surface area (Å²) in [6.45, 7) is 2.90. The third-order valence-electron chi connectivity index (χ3n) is 5.91. The fourth-order valence-electron chi connectivity index (χ4n) is 4.14. The van der Waals surface area contributed by atoms with Crippen molar-refractivity contribution in [3.63, 3.8) is 0 Å². The zero-order chi connectivity index (χ0) is 21.8. The summed E-state index contributed by atoms with van der Waals surface area (Å²) in [6.07, 6.45) is 0.570. The van der Waals surface area contributed by atoms with Crippen LogP contribution in [0.15, 0.2) is 72.8 Å². The Labute approximate surface area is 181 Å². The number of ether oxygens (including phenoxy) is 1. The van der Waals surface area contributed by atoms with Crippen LogP contribution in [0.3, 0.4) is 0 Å². The van der Waals surface area contributed by atoms with E-state index in [0.717, 1.165) is 11.1 Å². The van der Waals surface area contributed by atoms with Gasteiger partial charge in [0.2, 0.25) is 5.91 Å². The van der Waals surface area contributed by atoms with Gasteiger partial charge < -0.3 is 9.64 Å². The summed E-state index contributed by atoms with van der Waals surface area (Å²) in [5.74, 6) is -0.410. The molecule has 0 aliphatic carbocycles. The average Bonchev–Trinajstić information content (AvgIpc) is 2.77. The van der Waals surface area contributed by atoms with Gasteiger partial charge in [-0.1, -0.05) is 42.5 Å². The smallest absolute Gasteiger partial charge is 0.227 e. The summed E-state index contributed by atoms with van der Waals surface area (Å²) in [5, 5.41) is 0. The topological polar surface area (TPSA) is 29.5 Å². The van der Waals surface area contributed by atoms with Gasteiger partial charge in [0.05, 0.1) is 6.42 Å². The van der Waals surface area contributed by atoms with Crippen molar-refractivity contribution in [3.05, 3.63) is 101 Å². The summed E-state index contributed by atoms with van der Waals surface area (Å²) in [7, 11) is 0. The number of nitrogens with zero attached hydrogens (tertiary/aromatic N) is 1. The summed E-state index contributed by atoms with van der Waals surface area (Å²) in [6, 6.07) is 20.3. The Bertz CT molecular complexity index is 1050. The van der Waals surface area contributed by atoms with E-state index in [-0.39, 0.29) is 29.6 Å². The van der Waals surface area contributed by atoms with Crippen LogP contribution >= 0.6 is 0 Å². The molecule has 4 rings (SSSR count). The second-order valence-electron chi connectivity index (χ2n) is 7.97. The Morgan fingerprint density at radius 3 is 2.45 bits per heavy atom. The highest BCUT2D eigenvalue weighted by Gasteiger charge is 2.35. The number of piperidine rings is 1. The molecule has 3 nitrogen and oxygen atoms in total. The number of carbonyl (C=O) groups is 1. The zero-order valence-electron chi connectivity index (χ0n) is 17.4. The van der Waals surface area contributed by atoms with Crippen molar-refractivity contribution < 1.29 is 18.3 Å². The highest BCUT2D eigenvalue weighted by atomic mass is 19.1. The molecule has 0 saturated carbocycles. The lowest BCUT2D eigenvalue weighted by Crippen LogP contribution is -2.47. The number of hydrogen-bond acceptors (Lipinski definition) is 2.